The molecule has 1 amide bonds. The van der Waals surface area contributed by atoms with Crippen molar-refractivity contribution < 1.29 is 24.0 Å². The Kier molecular flexibility index (Phi) is 6.26. The fraction of sp³-hybridized carbons (Fsp3) is 0.562. The van der Waals surface area contributed by atoms with Gasteiger partial charge in [-0.25, -0.2) is 0 Å². The first kappa shape index (κ1) is 18.6. The van der Waals surface area contributed by atoms with Gasteiger partial charge in [-0.1, -0.05) is 0 Å². The van der Waals surface area contributed by atoms with Gasteiger partial charge in [-0.2, -0.15) is 0 Å². The highest BCUT2D eigenvalue weighted by molar-refractivity contribution is 5.81. The number of carbonyl (C=O) groups is 2. The van der Waals surface area contributed by atoms with Gasteiger partial charge < -0.3 is 24.5 Å². The van der Waals surface area contributed by atoms with Crippen LogP contribution in [0.1, 0.15) is 26.7 Å². The van der Waals surface area contributed by atoms with E-state index in [-0.39, 0.29) is 23.5 Å². The first-order valence-corrected chi connectivity index (χ1v) is 8.15. The number of hydrogen-bond acceptors (Lipinski definition) is 7. The van der Waals surface area contributed by atoms with E-state index in [9.17, 15) is 19.7 Å². The number of esters is 1. The molecule has 9 heteroatoms. The number of likely N-dealkylation sites (tertiary alicyclic amines) is 1. The molecule has 2 rings (SSSR count). The Morgan fingerprint density at radius 3 is 2.72 bits per heavy atom. The van der Waals surface area contributed by atoms with Crippen LogP contribution in [0.4, 0.5) is 5.82 Å². The van der Waals surface area contributed by atoms with Crippen LogP contribution in [0.25, 0.3) is 0 Å². The van der Waals surface area contributed by atoms with Gasteiger partial charge >= 0.3 is 11.8 Å². The SMILES string of the molecule is CCOC(=O)C1CCN(C(=O)[C@H](C)Oc2cccnc2[N+](=O)[O-])CC1. The van der Waals surface area contributed by atoms with Gasteiger partial charge in [-0.05, 0) is 48.7 Å². The molecule has 0 unspecified atom stereocenters. The van der Waals surface area contributed by atoms with E-state index in [1.165, 1.54) is 25.3 Å². The molecule has 0 N–H and O–H groups in total. The molecule has 0 spiro atoms. The lowest BCUT2D eigenvalue weighted by atomic mass is 9.97. The summed E-state index contributed by atoms with van der Waals surface area (Å²) in [7, 11) is 0. The Morgan fingerprint density at radius 2 is 2.12 bits per heavy atom. The monoisotopic (exact) mass is 351 g/mol. The van der Waals surface area contributed by atoms with E-state index in [1.54, 1.807) is 11.8 Å². The molecule has 0 saturated carbocycles. The maximum Gasteiger partial charge on any atom is 0.406 e. The van der Waals surface area contributed by atoms with E-state index in [0.29, 0.717) is 32.5 Å². The van der Waals surface area contributed by atoms with Crippen LogP contribution in [-0.4, -0.2) is 52.5 Å². The molecule has 1 atom stereocenters. The van der Waals surface area contributed by atoms with Crippen molar-refractivity contribution in [3.63, 3.8) is 0 Å². The van der Waals surface area contributed by atoms with E-state index < -0.39 is 16.8 Å². The molecule has 2 heterocycles. The summed E-state index contributed by atoms with van der Waals surface area (Å²) >= 11 is 0. The molecular weight excluding hydrogens is 330 g/mol. The molecule has 136 valence electrons. The Hall–Kier alpha value is -2.71. The van der Waals surface area contributed by atoms with Crippen LogP contribution >= 0.6 is 0 Å². The predicted molar refractivity (Wildman–Crippen MR) is 86.9 cm³/mol. The zero-order valence-corrected chi connectivity index (χ0v) is 14.2. The third-order valence-electron chi connectivity index (χ3n) is 4.00. The molecule has 0 bridgehead atoms. The molecule has 0 aromatic carbocycles. The highest BCUT2D eigenvalue weighted by Crippen LogP contribution is 2.25. The third-order valence-corrected chi connectivity index (χ3v) is 4.00. The van der Waals surface area contributed by atoms with E-state index in [2.05, 4.69) is 4.98 Å². The highest BCUT2D eigenvalue weighted by Gasteiger charge is 2.31. The number of ether oxygens (including phenoxy) is 2. The Morgan fingerprint density at radius 1 is 1.44 bits per heavy atom. The van der Waals surface area contributed by atoms with E-state index in [1.807, 2.05) is 0 Å². The lowest BCUT2D eigenvalue weighted by Gasteiger charge is -2.32. The van der Waals surface area contributed by atoms with Crippen LogP contribution in [0.5, 0.6) is 5.75 Å². The van der Waals surface area contributed by atoms with Gasteiger partial charge in [0.1, 0.15) is 6.20 Å². The second-order valence-corrected chi connectivity index (χ2v) is 5.69. The average Bonchev–Trinajstić information content (AvgIpc) is 2.61. The Labute approximate surface area is 145 Å². The van der Waals surface area contributed by atoms with Crippen LogP contribution in [0.2, 0.25) is 0 Å². The molecular formula is C16H21N3O6. The summed E-state index contributed by atoms with van der Waals surface area (Å²) in [6, 6.07) is 2.91. The number of piperidine rings is 1. The molecule has 1 aliphatic rings. The molecule has 0 aliphatic carbocycles. The van der Waals surface area contributed by atoms with Crippen molar-refractivity contribution in [3.05, 3.63) is 28.4 Å². The van der Waals surface area contributed by atoms with Crippen LogP contribution in [0.15, 0.2) is 18.3 Å². The minimum Gasteiger partial charge on any atom is -0.473 e. The number of hydrogen-bond donors (Lipinski definition) is 0. The van der Waals surface area contributed by atoms with Gasteiger partial charge in [0.05, 0.1) is 12.5 Å². The van der Waals surface area contributed by atoms with Crippen LogP contribution < -0.4 is 4.74 Å². The molecule has 1 aliphatic heterocycles. The lowest BCUT2D eigenvalue weighted by molar-refractivity contribution is -0.390. The van der Waals surface area contributed by atoms with Crippen molar-refractivity contribution in [1.29, 1.82) is 0 Å². The normalized spacial score (nSPS) is 16.2. The maximum atomic E-state index is 12.5. The lowest BCUT2D eigenvalue weighted by Crippen LogP contribution is -2.46. The van der Waals surface area contributed by atoms with Crippen molar-refractivity contribution in [1.82, 2.24) is 9.88 Å². The standard InChI is InChI=1S/C16H21N3O6/c1-3-24-16(21)12-6-9-18(10-7-12)15(20)11(2)25-13-5-4-8-17-14(13)19(22)23/h4-5,8,11-12H,3,6-7,9-10H2,1-2H3/t11-/m0/s1. The summed E-state index contributed by atoms with van der Waals surface area (Å²) in [6.07, 6.45) is 1.47. The number of aromatic nitrogens is 1. The topological polar surface area (TPSA) is 112 Å². The molecule has 1 saturated heterocycles. The Balaban J connectivity index is 1.93. The minimum atomic E-state index is -0.887. The van der Waals surface area contributed by atoms with Gasteiger partial charge in [-0.15, -0.1) is 0 Å². The van der Waals surface area contributed by atoms with E-state index in [4.69, 9.17) is 9.47 Å². The number of amides is 1. The summed E-state index contributed by atoms with van der Waals surface area (Å²) in [5.41, 5.74) is 0. The summed E-state index contributed by atoms with van der Waals surface area (Å²) in [5, 5.41) is 11.0. The van der Waals surface area contributed by atoms with Crippen molar-refractivity contribution >= 4 is 17.7 Å². The zero-order chi connectivity index (χ0) is 18.4. The fourth-order valence-corrected chi connectivity index (χ4v) is 2.70. The molecule has 1 aromatic rings. The number of rotatable bonds is 6. The second-order valence-electron chi connectivity index (χ2n) is 5.69. The van der Waals surface area contributed by atoms with Gasteiger partial charge in [-0.3, -0.25) is 9.59 Å². The van der Waals surface area contributed by atoms with E-state index >= 15 is 0 Å². The predicted octanol–water partition coefficient (Wildman–Crippen LogP) is 1.56. The third kappa shape index (κ3) is 4.65. The molecule has 1 fully saturated rings. The smallest absolute Gasteiger partial charge is 0.406 e. The van der Waals surface area contributed by atoms with Gasteiger partial charge in [0.25, 0.3) is 5.91 Å². The zero-order valence-electron chi connectivity index (χ0n) is 14.2. The van der Waals surface area contributed by atoms with Crippen LogP contribution in [-0.2, 0) is 14.3 Å². The van der Waals surface area contributed by atoms with Gasteiger partial charge in [0.15, 0.2) is 6.10 Å². The Bertz CT molecular complexity index is 643. The van der Waals surface area contributed by atoms with Crippen molar-refractivity contribution in [2.75, 3.05) is 19.7 Å². The largest absolute Gasteiger partial charge is 0.473 e. The number of nitro groups is 1. The average molecular weight is 351 g/mol. The molecule has 25 heavy (non-hydrogen) atoms. The summed E-state index contributed by atoms with van der Waals surface area (Å²) in [6.45, 7) is 4.48. The first-order chi connectivity index (χ1) is 11.9. The van der Waals surface area contributed by atoms with Crippen molar-refractivity contribution in [2.45, 2.75) is 32.8 Å². The van der Waals surface area contributed by atoms with Crippen LogP contribution in [0.3, 0.4) is 0 Å². The van der Waals surface area contributed by atoms with Crippen LogP contribution in [0, 0.1) is 16.0 Å². The maximum absolute atomic E-state index is 12.5. The van der Waals surface area contributed by atoms with Crippen molar-refractivity contribution in [2.24, 2.45) is 5.92 Å². The number of nitrogens with zero attached hydrogens (tertiary/aromatic N) is 3. The molecule has 1 aromatic heterocycles. The first-order valence-electron chi connectivity index (χ1n) is 8.15. The fourth-order valence-electron chi connectivity index (χ4n) is 2.70. The van der Waals surface area contributed by atoms with Gasteiger partial charge in [0.2, 0.25) is 5.75 Å². The number of carbonyl (C=O) groups excluding carboxylic acids is 2. The van der Waals surface area contributed by atoms with Crippen molar-refractivity contribution in [3.8, 4) is 5.75 Å². The van der Waals surface area contributed by atoms with Gasteiger partial charge in [0, 0.05) is 13.1 Å². The van der Waals surface area contributed by atoms with E-state index in [0.717, 1.165) is 0 Å². The summed E-state index contributed by atoms with van der Waals surface area (Å²) < 4.78 is 10.4. The summed E-state index contributed by atoms with van der Waals surface area (Å²) in [4.78, 5) is 39.8. The minimum absolute atomic E-state index is 0.0465. The number of pyridine rings is 1. The second kappa shape index (κ2) is 8.41. The quantitative estimate of drug-likeness (QED) is 0.434. The molecule has 9 nitrogen and oxygen atoms in total. The highest BCUT2D eigenvalue weighted by atomic mass is 16.6. The molecule has 0 radical (unpaired) electrons. The summed E-state index contributed by atoms with van der Waals surface area (Å²) in [5.74, 6) is -1.18.